The first kappa shape index (κ1) is 21.1. The van der Waals surface area contributed by atoms with E-state index in [2.05, 4.69) is 5.32 Å². The Morgan fingerprint density at radius 2 is 1.96 bits per heavy atom. The number of thioether (sulfide) groups is 1. The van der Waals surface area contributed by atoms with Crippen molar-refractivity contribution in [3.8, 4) is 5.75 Å². The van der Waals surface area contributed by atoms with Crippen LogP contribution >= 0.6 is 24.2 Å². The van der Waals surface area contributed by atoms with Crippen LogP contribution in [0.4, 0.5) is 0 Å². The van der Waals surface area contributed by atoms with E-state index in [1.807, 2.05) is 24.3 Å². The first-order valence-electron chi connectivity index (χ1n) is 8.49. The highest BCUT2D eigenvalue weighted by Gasteiger charge is 2.23. The molecule has 1 aliphatic rings. The highest BCUT2D eigenvalue weighted by Crippen LogP contribution is 2.26. The Hall–Kier alpha value is -0.910. The lowest BCUT2D eigenvalue weighted by Gasteiger charge is -2.30. The highest BCUT2D eigenvalue weighted by atomic mass is 35.5. The summed E-state index contributed by atoms with van der Waals surface area (Å²) in [5, 5.41) is 3.14. The molecule has 136 valence electrons. The smallest absolute Gasteiger partial charge is 0.221 e. The van der Waals surface area contributed by atoms with Gasteiger partial charge in [0.15, 0.2) is 0 Å². The summed E-state index contributed by atoms with van der Waals surface area (Å²) >= 11 is 1.69. The molecule has 0 saturated heterocycles. The Morgan fingerprint density at radius 3 is 2.54 bits per heavy atom. The number of carbonyl (C=O) groups is 1. The number of nitrogens with two attached hydrogens (primary N) is 1. The topological polar surface area (TPSA) is 64.3 Å². The van der Waals surface area contributed by atoms with Crippen molar-refractivity contribution >= 4 is 30.1 Å². The third-order valence-electron chi connectivity index (χ3n) is 4.48. The van der Waals surface area contributed by atoms with Crippen LogP contribution in [0.1, 0.15) is 38.5 Å². The van der Waals surface area contributed by atoms with Gasteiger partial charge in [-0.05, 0) is 43.0 Å². The van der Waals surface area contributed by atoms with E-state index in [0.29, 0.717) is 18.9 Å². The molecule has 3 N–H and O–H groups in total. The summed E-state index contributed by atoms with van der Waals surface area (Å²) < 4.78 is 5.14. The van der Waals surface area contributed by atoms with Gasteiger partial charge in [0, 0.05) is 29.7 Å². The molecule has 1 aromatic carbocycles. The van der Waals surface area contributed by atoms with Crippen LogP contribution in [0.15, 0.2) is 29.2 Å². The molecule has 1 amide bonds. The molecular formula is C18H29ClN2O2S. The molecule has 24 heavy (non-hydrogen) atoms. The number of methoxy groups -OCH3 is 1. The minimum atomic E-state index is 0. The van der Waals surface area contributed by atoms with Gasteiger partial charge >= 0.3 is 0 Å². The number of amides is 1. The van der Waals surface area contributed by atoms with Crippen LogP contribution in [-0.4, -0.2) is 31.4 Å². The number of hydrogen-bond donors (Lipinski definition) is 2. The molecule has 6 heteroatoms. The third kappa shape index (κ3) is 6.91. The summed E-state index contributed by atoms with van der Waals surface area (Å²) in [6, 6.07) is 8.07. The van der Waals surface area contributed by atoms with Crippen LogP contribution in [0, 0.1) is 5.92 Å². The van der Waals surface area contributed by atoms with E-state index >= 15 is 0 Å². The Labute approximate surface area is 155 Å². The monoisotopic (exact) mass is 372 g/mol. The molecule has 1 fully saturated rings. The number of ether oxygens (including phenoxy) is 1. The van der Waals surface area contributed by atoms with Gasteiger partial charge in [-0.1, -0.05) is 19.3 Å². The second kappa shape index (κ2) is 11.6. The molecule has 0 heterocycles. The van der Waals surface area contributed by atoms with Crippen LogP contribution < -0.4 is 15.8 Å². The lowest BCUT2D eigenvalue weighted by Crippen LogP contribution is -2.46. The molecule has 4 nitrogen and oxygen atoms in total. The predicted molar refractivity (Wildman–Crippen MR) is 103 cm³/mol. The molecule has 1 unspecified atom stereocenters. The maximum absolute atomic E-state index is 12.1. The zero-order valence-corrected chi connectivity index (χ0v) is 16.0. The summed E-state index contributed by atoms with van der Waals surface area (Å²) in [6.07, 6.45) is 6.78. The van der Waals surface area contributed by atoms with E-state index in [9.17, 15) is 4.79 Å². The fourth-order valence-electron chi connectivity index (χ4n) is 3.12. The molecule has 1 aromatic rings. The molecular weight excluding hydrogens is 344 g/mol. The van der Waals surface area contributed by atoms with Crippen molar-refractivity contribution in [3.63, 3.8) is 0 Å². The van der Waals surface area contributed by atoms with Crippen LogP contribution in [0.25, 0.3) is 0 Å². The molecule has 0 aromatic heterocycles. The lowest BCUT2D eigenvalue weighted by molar-refractivity contribution is -0.121. The molecule has 1 atom stereocenters. The van der Waals surface area contributed by atoms with Gasteiger partial charge in [-0.2, -0.15) is 0 Å². The highest BCUT2D eigenvalue weighted by molar-refractivity contribution is 7.99. The van der Waals surface area contributed by atoms with Crippen LogP contribution in [-0.2, 0) is 4.79 Å². The zero-order chi connectivity index (χ0) is 16.5. The normalized spacial score (nSPS) is 16.1. The Bertz CT molecular complexity index is 478. The van der Waals surface area contributed by atoms with E-state index in [4.69, 9.17) is 10.5 Å². The summed E-state index contributed by atoms with van der Waals surface area (Å²) in [4.78, 5) is 13.3. The van der Waals surface area contributed by atoms with Crippen molar-refractivity contribution < 1.29 is 9.53 Å². The summed E-state index contributed by atoms with van der Waals surface area (Å²) in [5.41, 5.74) is 5.87. The van der Waals surface area contributed by atoms with Gasteiger partial charge in [0.2, 0.25) is 5.91 Å². The van der Waals surface area contributed by atoms with Crippen LogP contribution in [0.5, 0.6) is 5.75 Å². The Balaban J connectivity index is 0.00000288. The predicted octanol–water partition coefficient (Wildman–Crippen LogP) is 3.62. The van der Waals surface area contributed by atoms with Crippen LogP contribution in [0.2, 0.25) is 0 Å². The number of halogens is 1. The largest absolute Gasteiger partial charge is 0.497 e. The molecule has 0 radical (unpaired) electrons. The molecule has 0 aliphatic heterocycles. The van der Waals surface area contributed by atoms with Crippen molar-refractivity contribution in [2.45, 2.75) is 49.5 Å². The van der Waals surface area contributed by atoms with Crippen molar-refractivity contribution in [3.05, 3.63) is 24.3 Å². The summed E-state index contributed by atoms with van der Waals surface area (Å²) in [6.45, 7) is 0.544. The number of rotatable bonds is 8. The van der Waals surface area contributed by atoms with Gasteiger partial charge in [-0.25, -0.2) is 0 Å². The van der Waals surface area contributed by atoms with E-state index < -0.39 is 0 Å². The van der Waals surface area contributed by atoms with Crippen molar-refractivity contribution in [1.82, 2.24) is 5.32 Å². The molecule has 0 spiro atoms. The van der Waals surface area contributed by atoms with Gasteiger partial charge in [-0.15, -0.1) is 24.2 Å². The first-order chi connectivity index (χ1) is 11.2. The second-order valence-corrected chi connectivity index (χ2v) is 7.25. The first-order valence-corrected chi connectivity index (χ1v) is 9.47. The Kier molecular flexibility index (Phi) is 10.2. The maximum atomic E-state index is 12.1. The third-order valence-corrected chi connectivity index (χ3v) is 5.49. The van der Waals surface area contributed by atoms with E-state index in [-0.39, 0.29) is 24.4 Å². The molecule has 1 aliphatic carbocycles. The number of hydrogen-bond acceptors (Lipinski definition) is 4. The lowest BCUT2D eigenvalue weighted by atomic mass is 9.84. The average Bonchev–Trinajstić information content (AvgIpc) is 2.61. The van der Waals surface area contributed by atoms with Crippen molar-refractivity contribution in [1.29, 1.82) is 0 Å². The maximum Gasteiger partial charge on any atom is 0.221 e. The van der Waals surface area contributed by atoms with Gasteiger partial charge in [-0.3, -0.25) is 4.79 Å². The Morgan fingerprint density at radius 1 is 1.29 bits per heavy atom. The van der Waals surface area contributed by atoms with E-state index in [1.54, 1.807) is 18.9 Å². The van der Waals surface area contributed by atoms with Crippen LogP contribution in [0.3, 0.4) is 0 Å². The van der Waals surface area contributed by atoms with Gasteiger partial charge in [0.1, 0.15) is 5.75 Å². The van der Waals surface area contributed by atoms with Gasteiger partial charge < -0.3 is 15.8 Å². The molecule has 2 rings (SSSR count). The number of benzene rings is 1. The summed E-state index contributed by atoms with van der Waals surface area (Å²) in [7, 11) is 1.66. The minimum absolute atomic E-state index is 0. The molecule has 1 saturated carbocycles. The standard InChI is InChI=1S/C18H28N2O2S.ClH/c1-22-15-7-9-16(10-8-15)23-12-11-18(21)20-17(13-19)14-5-3-2-4-6-14;/h7-10,14,17H,2-6,11-13,19H2,1H3,(H,20,21);1H. The molecule has 0 bridgehead atoms. The van der Waals surface area contributed by atoms with Crippen molar-refractivity contribution in [2.75, 3.05) is 19.4 Å². The van der Waals surface area contributed by atoms with Gasteiger partial charge in [0.25, 0.3) is 0 Å². The quantitative estimate of drug-likeness (QED) is 0.684. The van der Waals surface area contributed by atoms with Gasteiger partial charge in [0.05, 0.1) is 7.11 Å². The zero-order valence-electron chi connectivity index (χ0n) is 14.3. The average molecular weight is 373 g/mol. The second-order valence-electron chi connectivity index (χ2n) is 6.08. The number of carbonyl (C=O) groups excluding carboxylic acids is 1. The fraction of sp³-hybridized carbons (Fsp3) is 0.611. The SMILES string of the molecule is COc1ccc(SCCC(=O)NC(CN)C2CCCCC2)cc1.Cl. The fourth-order valence-corrected chi connectivity index (χ4v) is 3.97. The van der Waals surface area contributed by atoms with Crippen molar-refractivity contribution in [2.24, 2.45) is 11.7 Å². The minimum Gasteiger partial charge on any atom is -0.497 e. The van der Waals surface area contributed by atoms with E-state index in [0.717, 1.165) is 16.4 Å². The van der Waals surface area contributed by atoms with E-state index in [1.165, 1.54) is 32.1 Å². The number of nitrogens with one attached hydrogen (secondary N) is 1. The summed E-state index contributed by atoms with van der Waals surface area (Å²) in [5.74, 6) is 2.31.